The molecule has 0 bridgehead atoms. The number of nitro benzene ring substituents is 1. The minimum atomic E-state index is -0.569. The van der Waals surface area contributed by atoms with E-state index in [-0.39, 0.29) is 17.3 Å². The Hall–Kier alpha value is -2.40. The third-order valence-corrected chi connectivity index (χ3v) is 4.31. The van der Waals surface area contributed by atoms with Gasteiger partial charge >= 0.3 is 0 Å². The third kappa shape index (κ3) is 3.19. The van der Waals surface area contributed by atoms with E-state index < -0.39 is 10.8 Å². The fourth-order valence-electron chi connectivity index (χ4n) is 2.99. The topological polar surface area (TPSA) is 72.2 Å². The molecule has 0 aliphatic heterocycles. The van der Waals surface area contributed by atoms with E-state index in [9.17, 15) is 14.9 Å². The minimum Gasteiger partial charge on any atom is -0.345 e. The monoisotopic (exact) mass is 330 g/mol. The number of benzene rings is 2. The average molecular weight is 331 g/mol. The van der Waals surface area contributed by atoms with Crippen LogP contribution in [-0.2, 0) is 6.42 Å². The smallest absolute Gasteiger partial charge is 0.282 e. The summed E-state index contributed by atoms with van der Waals surface area (Å²) >= 11 is 5.89. The maximum atomic E-state index is 12.5. The third-order valence-electron chi connectivity index (χ3n) is 4.07. The van der Waals surface area contributed by atoms with Gasteiger partial charge in [0, 0.05) is 11.1 Å². The van der Waals surface area contributed by atoms with Crippen LogP contribution in [0.25, 0.3) is 0 Å². The predicted octanol–water partition coefficient (Wildman–Crippen LogP) is 4.06. The molecule has 1 aliphatic rings. The first-order valence-corrected chi connectivity index (χ1v) is 7.76. The molecule has 1 amide bonds. The van der Waals surface area contributed by atoms with Gasteiger partial charge in [-0.05, 0) is 42.5 Å². The van der Waals surface area contributed by atoms with Gasteiger partial charge in [0.05, 0.1) is 11.0 Å². The summed E-state index contributed by atoms with van der Waals surface area (Å²) < 4.78 is 0. The Labute approximate surface area is 138 Å². The van der Waals surface area contributed by atoms with Crippen molar-refractivity contribution in [1.29, 1.82) is 0 Å². The summed E-state index contributed by atoms with van der Waals surface area (Å²) in [5, 5.41) is 14.3. The lowest BCUT2D eigenvalue weighted by Crippen LogP contribution is -2.31. The highest BCUT2D eigenvalue weighted by Gasteiger charge is 2.25. The van der Waals surface area contributed by atoms with Gasteiger partial charge in [-0.2, -0.15) is 0 Å². The largest absolute Gasteiger partial charge is 0.345 e. The van der Waals surface area contributed by atoms with Crippen molar-refractivity contribution in [2.24, 2.45) is 0 Å². The van der Waals surface area contributed by atoms with E-state index in [1.165, 1.54) is 23.8 Å². The normalized spacial score (nSPS) is 16.5. The van der Waals surface area contributed by atoms with E-state index >= 15 is 0 Å². The number of amides is 1. The van der Waals surface area contributed by atoms with Gasteiger partial charge in [0.1, 0.15) is 5.56 Å². The van der Waals surface area contributed by atoms with Gasteiger partial charge in [-0.1, -0.05) is 35.9 Å². The molecule has 1 N–H and O–H groups in total. The Balaban J connectivity index is 1.89. The molecule has 3 rings (SSSR count). The van der Waals surface area contributed by atoms with Crippen LogP contribution < -0.4 is 5.32 Å². The fraction of sp³-hybridized carbons (Fsp3) is 0.235. The molecular formula is C17H15ClN2O3. The van der Waals surface area contributed by atoms with Gasteiger partial charge in [0.25, 0.3) is 11.6 Å². The van der Waals surface area contributed by atoms with E-state index in [0.29, 0.717) is 5.02 Å². The van der Waals surface area contributed by atoms with E-state index in [1.807, 2.05) is 18.2 Å². The molecule has 0 saturated carbocycles. The molecule has 0 saturated heterocycles. The molecule has 0 fully saturated rings. The van der Waals surface area contributed by atoms with Crippen LogP contribution in [-0.4, -0.2) is 10.8 Å². The molecule has 1 aliphatic carbocycles. The minimum absolute atomic E-state index is 0.00875. The number of nitrogens with one attached hydrogen (secondary N) is 1. The number of halogens is 1. The summed E-state index contributed by atoms with van der Waals surface area (Å²) in [7, 11) is 0. The average Bonchev–Trinajstić information content (AvgIpc) is 2.54. The lowest BCUT2D eigenvalue weighted by atomic mass is 9.87. The van der Waals surface area contributed by atoms with Crippen LogP contribution in [0.5, 0.6) is 0 Å². The van der Waals surface area contributed by atoms with E-state index in [4.69, 9.17) is 11.6 Å². The number of fused-ring (bicyclic) bond motifs is 1. The van der Waals surface area contributed by atoms with Crippen LogP contribution in [0.2, 0.25) is 5.02 Å². The first-order valence-electron chi connectivity index (χ1n) is 7.39. The van der Waals surface area contributed by atoms with Crippen molar-refractivity contribution in [1.82, 2.24) is 5.32 Å². The quantitative estimate of drug-likeness (QED) is 0.681. The molecule has 0 radical (unpaired) electrons. The molecule has 0 unspecified atom stereocenters. The first kappa shape index (κ1) is 15.5. The number of hydrogen-bond donors (Lipinski definition) is 1. The second-order valence-corrected chi connectivity index (χ2v) is 5.97. The van der Waals surface area contributed by atoms with Gasteiger partial charge in [-0.15, -0.1) is 0 Å². The molecule has 1 atom stereocenters. The highest BCUT2D eigenvalue weighted by molar-refractivity contribution is 6.31. The SMILES string of the molecule is O=C(N[C@H]1CCCc2ccccc21)c1cc(Cl)ccc1[N+](=O)[O-]. The Morgan fingerprint density at radius 1 is 1.26 bits per heavy atom. The summed E-state index contributed by atoms with van der Waals surface area (Å²) in [6.07, 6.45) is 2.77. The Kier molecular flexibility index (Phi) is 4.30. The maximum Gasteiger partial charge on any atom is 0.282 e. The van der Waals surface area contributed by atoms with Gasteiger partial charge < -0.3 is 5.32 Å². The summed E-state index contributed by atoms with van der Waals surface area (Å²) in [6, 6.07) is 11.8. The van der Waals surface area contributed by atoms with Crippen LogP contribution in [0, 0.1) is 10.1 Å². The Bertz CT molecular complexity index is 776. The fourth-order valence-corrected chi connectivity index (χ4v) is 3.16. The zero-order valence-corrected chi connectivity index (χ0v) is 13.0. The van der Waals surface area contributed by atoms with E-state index in [2.05, 4.69) is 11.4 Å². The van der Waals surface area contributed by atoms with Crippen molar-refractivity contribution in [2.45, 2.75) is 25.3 Å². The lowest BCUT2D eigenvalue weighted by molar-refractivity contribution is -0.385. The van der Waals surface area contributed by atoms with Crippen LogP contribution in [0.4, 0.5) is 5.69 Å². The molecule has 6 heteroatoms. The molecule has 2 aromatic carbocycles. The molecule has 0 heterocycles. The second-order valence-electron chi connectivity index (χ2n) is 5.54. The number of hydrogen-bond acceptors (Lipinski definition) is 3. The predicted molar refractivity (Wildman–Crippen MR) is 87.7 cm³/mol. The maximum absolute atomic E-state index is 12.5. The molecule has 23 heavy (non-hydrogen) atoms. The molecular weight excluding hydrogens is 316 g/mol. The molecule has 2 aromatic rings. The highest BCUT2D eigenvalue weighted by atomic mass is 35.5. The number of nitrogens with zero attached hydrogens (tertiary/aromatic N) is 1. The Morgan fingerprint density at radius 3 is 2.83 bits per heavy atom. The number of carbonyl (C=O) groups excluding carboxylic acids is 1. The standard InChI is InChI=1S/C17H15ClN2O3/c18-12-8-9-16(20(22)23)14(10-12)17(21)19-15-7-3-5-11-4-1-2-6-13(11)15/h1-2,4,6,8-10,15H,3,5,7H2,(H,19,21)/t15-/m0/s1. The van der Waals surface area contributed by atoms with Gasteiger partial charge in [-0.25, -0.2) is 0 Å². The molecule has 118 valence electrons. The second kappa shape index (κ2) is 6.38. The lowest BCUT2D eigenvalue weighted by Gasteiger charge is -2.26. The van der Waals surface area contributed by atoms with Gasteiger partial charge in [-0.3, -0.25) is 14.9 Å². The van der Waals surface area contributed by atoms with Crippen molar-refractivity contribution < 1.29 is 9.72 Å². The number of carbonyl (C=O) groups is 1. The van der Waals surface area contributed by atoms with E-state index in [1.54, 1.807) is 0 Å². The van der Waals surface area contributed by atoms with Crippen molar-refractivity contribution in [3.8, 4) is 0 Å². The zero-order valence-electron chi connectivity index (χ0n) is 12.3. The van der Waals surface area contributed by atoms with Crippen molar-refractivity contribution in [2.75, 3.05) is 0 Å². The van der Waals surface area contributed by atoms with Crippen molar-refractivity contribution in [3.63, 3.8) is 0 Å². The Morgan fingerprint density at radius 2 is 2.04 bits per heavy atom. The molecule has 0 aromatic heterocycles. The number of aryl methyl sites for hydroxylation is 1. The summed E-state index contributed by atoms with van der Waals surface area (Å²) in [6.45, 7) is 0. The number of rotatable bonds is 3. The zero-order chi connectivity index (χ0) is 16.4. The van der Waals surface area contributed by atoms with Crippen molar-refractivity contribution >= 4 is 23.2 Å². The summed E-state index contributed by atoms with van der Waals surface area (Å²) in [5.74, 6) is -0.471. The number of nitro groups is 1. The van der Waals surface area contributed by atoms with Gasteiger partial charge in [0.2, 0.25) is 0 Å². The van der Waals surface area contributed by atoms with Gasteiger partial charge in [0.15, 0.2) is 0 Å². The summed E-state index contributed by atoms with van der Waals surface area (Å²) in [4.78, 5) is 23.1. The van der Waals surface area contributed by atoms with Crippen LogP contribution in [0.15, 0.2) is 42.5 Å². The van der Waals surface area contributed by atoms with E-state index in [0.717, 1.165) is 24.8 Å². The van der Waals surface area contributed by atoms with Crippen LogP contribution in [0.1, 0.15) is 40.4 Å². The highest BCUT2D eigenvalue weighted by Crippen LogP contribution is 2.30. The molecule has 0 spiro atoms. The van der Waals surface area contributed by atoms with Crippen molar-refractivity contribution in [3.05, 3.63) is 74.3 Å². The summed E-state index contributed by atoms with van der Waals surface area (Å²) in [5.41, 5.74) is 2.04. The van der Waals surface area contributed by atoms with Crippen LogP contribution in [0.3, 0.4) is 0 Å². The first-order chi connectivity index (χ1) is 11.1. The van der Waals surface area contributed by atoms with Crippen LogP contribution >= 0.6 is 11.6 Å². The molecule has 5 nitrogen and oxygen atoms in total.